The van der Waals surface area contributed by atoms with E-state index in [1.54, 1.807) is 12.3 Å². The van der Waals surface area contributed by atoms with E-state index in [9.17, 15) is 14.7 Å². The quantitative estimate of drug-likeness (QED) is 0.531. The molecule has 1 fully saturated rings. The van der Waals surface area contributed by atoms with E-state index in [1.807, 2.05) is 57.2 Å². The summed E-state index contributed by atoms with van der Waals surface area (Å²) in [4.78, 5) is 30.5. The number of thiocarbonyl (C=S) groups is 1. The van der Waals surface area contributed by atoms with Gasteiger partial charge >= 0.3 is 5.97 Å². The molecule has 0 aliphatic carbocycles. The molecule has 1 N–H and O–H groups in total. The summed E-state index contributed by atoms with van der Waals surface area (Å²) in [6.45, 7) is 5.88. The number of carbonyl (C=O) groups excluding carboxylic acids is 1. The Morgan fingerprint density at radius 3 is 2.41 bits per heavy atom. The highest BCUT2D eigenvalue weighted by Crippen LogP contribution is 2.35. The van der Waals surface area contributed by atoms with Crippen LogP contribution in [-0.4, -0.2) is 37.2 Å². The molecule has 5 nitrogen and oxygen atoms in total. The van der Waals surface area contributed by atoms with Crippen LogP contribution in [0.3, 0.4) is 0 Å². The summed E-state index contributed by atoms with van der Waals surface area (Å²) in [6, 6.07) is 11.0. The molecule has 0 bridgehead atoms. The molecular weight excluding hydrogens is 404 g/mol. The van der Waals surface area contributed by atoms with Crippen LogP contribution >= 0.6 is 24.0 Å². The lowest BCUT2D eigenvalue weighted by atomic mass is 10.0. The van der Waals surface area contributed by atoms with Crippen molar-refractivity contribution in [3.8, 4) is 11.1 Å². The molecule has 1 saturated heterocycles. The average molecular weight is 427 g/mol. The number of aromatic nitrogens is 1. The van der Waals surface area contributed by atoms with Crippen molar-refractivity contribution in [1.82, 2.24) is 9.88 Å². The van der Waals surface area contributed by atoms with Gasteiger partial charge in [0.05, 0.1) is 10.6 Å². The number of carbonyl (C=O) groups is 2. The molecule has 1 aliphatic heterocycles. The Morgan fingerprint density at radius 2 is 1.86 bits per heavy atom. The normalized spacial score (nSPS) is 16.7. The molecule has 29 heavy (non-hydrogen) atoms. The van der Waals surface area contributed by atoms with E-state index < -0.39 is 12.0 Å². The molecule has 0 spiro atoms. The third-order valence-corrected chi connectivity index (χ3v) is 5.90. The molecule has 1 amide bonds. The largest absolute Gasteiger partial charge is 0.480 e. The van der Waals surface area contributed by atoms with Gasteiger partial charge in [0, 0.05) is 11.8 Å². The maximum Gasteiger partial charge on any atom is 0.326 e. The minimum atomic E-state index is -1.04. The molecule has 1 aromatic heterocycles. The highest BCUT2D eigenvalue weighted by molar-refractivity contribution is 8.26. The first kappa shape index (κ1) is 21.2. The molecule has 0 radical (unpaired) electrons. The van der Waals surface area contributed by atoms with Crippen LogP contribution in [0.25, 0.3) is 17.2 Å². The van der Waals surface area contributed by atoms with E-state index in [1.165, 1.54) is 10.5 Å². The first-order valence-corrected chi connectivity index (χ1v) is 10.5. The summed E-state index contributed by atoms with van der Waals surface area (Å²) >= 11 is 6.42. The standard InChI is InChI=1S/C22H22N2O3S2/c1-13(2)10-18(21(26)27)24-20(25)19(29-22(24)28)11-17-9-8-16(12-23-17)15-6-4-14(3)5-7-15/h4-9,11-13,18H,10H2,1-3H3,(H,26,27)/b19-11-/t18-/m0/s1. The van der Waals surface area contributed by atoms with Crippen molar-refractivity contribution in [1.29, 1.82) is 0 Å². The first-order valence-electron chi connectivity index (χ1n) is 9.29. The average Bonchev–Trinajstić information content (AvgIpc) is 2.94. The number of thioether (sulfide) groups is 1. The minimum Gasteiger partial charge on any atom is -0.480 e. The Hall–Kier alpha value is -2.51. The van der Waals surface area contributed by atoms with Gasteiger partial charge in [0.25, 0.3) is 5.91 Å². The Morgan fingerprint density at radius 1 is 1.21 bits per heavy atom. The fourth-order valence-corrected chi connectivity index (χ4v) is 4.39. The zero-order chi connectivity index (χ0) is 21.1. The zero-order valence-electron chi connectivity index (χ0n) is 16.5. The van der Waals surface area contributed by atoms with Crippen molar-refractivity contribution in [3.05, 3.63) is 58.8 Å². The Bertz CT molecular complexity index is 967. The second-order valence-electron chi connectivity index (χ2n) is 7.37. The fraction of sp³-hybridized carbons (Fsp3) is 0.273. The summed E-state index contributed by atoms with van der Waals surface area (Å²) < 4.78 is 0.269. The number of hydrogen-bond donors (Lipinski definition) is 1. The van der Waals surface area contributed by atoms with Gasteiger partial charge < -0.3 is 5.11 Å². The maximum absolute atomic E-state index is 12.8. The summed E-state index contributed by atoms with van der Waals surface area (Å²) in [5, 5.41) is 9.56. The molecule has 0 unspecified atom stereocenters. The number of carboxylic acids is 1. The van der Waals surface area contributed by atoms with Crippen LogP contribution in [0, 0.1) is 12.8 Å². The molecule has 2 aromatic rings. The van der Waals surface area contributed by atoms with Gasteiger partial charge in [0.15, 0.2) is 0 Å². The van der Waals surface area contributed by atoms with Gasteiger partial charge in [0.1, 0.15) is 10.4 Å². The number of benzene rings is 1. The predicted molar refractivity (Wildman–Crippen MR) is 120 cm³/mol. The SMILES string of the molecule is Cc1ccc(-c2ccc(/C=C3\SC(=S)N([C@@H](CC(C)C)C(=O)O)C3=O)nc2)cc1. The summed E-state index contributed by atoms with van der Waals surface area (Å²) in [5.74, 6) is -1.30. The van der Waals surface area contributed by atoms with Crippen LogP contribution in [0.1, 0.15) is 31.5 Å². The smallest absolute Gasteiger partial charge is 0.326 e. The number of aryl methyl sites for hydroxylation is 1. The van der Waals surface area contributed by atoms with E-state index in [4.69, 9.17) is 12.2 Å². The molecule has 1 aliphatic rings. The van der Waals surface area contributed by atoms with Crippen LogP contribution in [0.2, 0.25) is 0 Å². The molecular formula is C22H22N2O3S2. The number of aliphatic carboxylic acids is 1. The van der Waals surface area contributed by atoms with Gasteiger partial charge in [-0.1, -0.05) is 73.7 Å². The van der Waals surface area contributed by atoms with Crippen LogP contribution < -0.4 is 0 Å². The zero-order valence-corrected chi connectivity index (χ0v) is 18.1. The molecule has 2 heterocycles. The molecule has 1 atom stereocenters. The van der Waals surface area contributed by atoms with E-state index in [0.29, 0.717) is 17.0 Å². The second kappa shape index (κ2) is 8.88. The number of amides is 1. The fourth-order valence-electron chi connectivity index (χ4n) is 3.05. The van der Waals surface area contributed by atoms with Gasteiger partial charge in [-0.25, -0.2) is 4.79 Å². The lowest BCUT2D eigenvalue weighted by Crippen LogP contribution is -2.44. The topological polar surface area (TPSA) is 70.5 Å². The van der Waals surface area contributed by atoms with E-state index in [0.717, 1.165) is 22.9 Å². The second-order valence-corrected chi connectivity index (χ2v) is 9.05. The Labute approximate surface area is 179 Å². The van der Waals surface area contributed by atoms with Crippen molar-refractivity contribution < 1.29 is 14.7 Å². The minimum absolute atomic E-state index is 0.126. The van der Waals surface area contributed by atoms with E-state index in [-0.39, 0.29) is 16.1 Å². The lowest BCUT2D eigenvalue weighted by Gasteiger charge is -2.24. The van der Waals surface area contributed by atoms with E-state index in [2.05, 4.69) is 4.98 Å². The van der Waals surface area contributed by atoms with Crippen molar-refractivity contribution in [2.75, 3.05) is 0 Å². The molecule has 1 aromatic carbocycles. The third-order valence-electron chi connectivity index (χ3n) is 4.57. The summed E-state index contributed by atoms with van der Waals surface area (Å²) in [5.41, 5.74) is 3.87. The maximum atomic E-state index is 12.8. The molecule has 150 valence electrons. The molecule has 0 saturated carbocycles. The number of carboxylic acid groups (broad SMARTS) is 1. The number of hydrogen-bond acceptors (Lipinski definition) is 5. The lowest BCUT2D eigenvalue weighted by molar-refractivity contribution is -0.145. The highest BCUT2D eigenvalue weighted by Gasteiger charge is 2.40. The first-order chi connectivity index (χ1) is 13.8. The van der Waals surface area contributed by atoms with Crippen molar-refractivity contribution in [3.63, 3.8) is 0 Å². The van der Waals surface area contributed by atoms with Crippen molar-refractivity contribution in [2.45, 2.75) is 33.2 Å². The molecule has 7 heteroatoms. The van der Waals surface area contributed by atoms with Crippen LogP contribution in [0.4, 0.5) is 0 Å². The van der Waals surface area contributed by atoms with Gasteiger partial charge in [-0.2, -0.15) is 0 Å². The van der Waals surface area contributed by atoms with E-state index >= 15 is 0 Å². The van der Waals surface area contributed by atoms with Gasteiger partial charge in [-0.15, -0.1) is 0 Å². The Kier molecular flexibility index (Phi) is 6.49. The number of pyridine rings is 1. The van der Waals surface area contributed by atoms with Crippen LogP contribution in [0.5, 0.6) is 0 Å². The van der Waals surface area contributed by atoms with Gasteiger partial charge in [0.2, 0.25) is 0 Å². The van der Waals surface area contributed by atoms with Crippen molar-refractivity contribution >= 4 is 46.3 Å². The summed E-state index contributed by atoms with van der Waals surface area (Å²) in [6.07, 6.45) is 3.76. The summed E-state index contributed by atoms with van der Waals surface area (Å²) in [7, 11) is 0. The number of nitrogens with zero attached hydrogens (tertiary/aromatic N) is 2. The Balaban J connectivity index is 1.81. The van der Waals surface area contributed by atoms with Crippen LogP contribution in [-0.2, 0) is 9.59 Å². The monoisotopic (exact) mass is 426 g/mol. The van der Waals surface area contributed by atoms with Crippen molar-refractivity contribution in [2.24, 2.45) is 5.92 Å². The molecule has 3 rings (SSSR count). The third kappa shape index (κ3) is 4.92. The predicted octanol–water partition coefficient (Wildman–Crippen LogP) is 4.76. The van der Waals surface area contributed by atoms with Gasteiger partial charge in [-0.3, -0.25) is 14.7 Å². The van der Waals surface area contributed by atoms with Crippen LogP contribution in [0.15, 0.2) is 47.5 Å². The van der Waals surface area contributed by atoms with Gasteiger partial charge in [-0.05, 0) is 37.0 Å². The number of rotatable bonds is 6. The highest BCUT2D eigenvalue weighted by atomic mass is 32.2.